The summed E-state index contributed by atoms with van der Waals surface area (Å²) in [4.78, 5) is 15.3. The van der Waals surface area contributed by atoms with Gasteiger partial charge in [0.1, 0.15) is 6.61 Å². The fourth-order valence-electron chi connectivity index (χ4n) is 3.04. The number of halogens is 3. The van der Waals surface area contributed by atoms with E-state index >= 15 is 0 Å². The van der Waals surface area contributed by atoms with Gasteiger partial charge in [-0.1, -0.05) is 19.9 Å². The molecule has 1 aromatic heterocycles. The normalized spacial score (nSPS) is 13.5. The highest BCUT2D eigenvalue weighted by atomic mass is 19.4. The quantitative estimate of drug-likeness (QED) is 0.626. The minimum Gasteiger partial charge on any atom is -0.488 e. The van der Waals surface area contributed by atoms with E-state index in [2.05, 4.69) is 15.0 Å². The minimum atomic E-state index is -4.91. The van der Waals surface area contributed by atoms with Crippen LogP contribution < -0.4 is 25.3 Å². The van der Waals surface area contributed by atoms with Crippen molar-refractivity contribution in [2.24, 2.45) is 11.7 Å². The molecule has 0 unspecified atom stereocenters. The van der Waals surface area contributed by atoms with Crippen molar-refractivity contribution in [2.75, 3.05) is 13.7 Å². The third-order valence-corrected chi connectivity index (χ3v) is 4.07. The predicted molar refractivity (Wildman–Crippen MR) is 109 cm³/mol. The molecule has 0 saturated carbocycles. The molecule has 0 radical (unpaired) electrons. The van der Waals surface area contributed by atoms with Crippen molar-refractivity contribution in [3.05, 3.63) is 36.5 Å². The zero-order chi connectivity index (χ0) is 23.2. The van der Waals surface area contributed by atoms with Gasteiger partial charge in [-0.3, -0.25) is 0 Å². The van der Waals surface area contributed by atoms with Gasteiger partial charge in [0.2, 0.25) is 5.88 Å². The van der Waals surface area contributed by atoms with Crippen molar-refractivity contribution < 1.29 is 32.2 Å². The van der Waals surface area contributed by atoms with E-state index in [9.17, 15) is 18.0 Å². The summed E-state index contributed by atoms with van der Waals surface area (Å²) in [5, 5.41) is 2.28. The Morgan fingerprint density at radius 1 is 1.16 bits per heavy atom. The number of benzene rings is 1. The molecule has 0 saturated heterocycles. The van der Waals surface area contributed by atoms with E-state index < -0.39 is 23.7 Å². The van der Waals surface area contributed by atoms with Crippen molar-refractivity contribution in [3.63, 3.8) is 0 Å². The molecule has 0 bridgehead atoms. The Balaban J connectivity index is 2.32. The molecule has 1 heterocycles. The lowest BCUT2D eigenvalue weighted by molar-refractivity contribution is -0.275. The van der Waals surface area contributed by atoms with E-state index in [1.165, 1.54) is 31.4 Å². The maximum Gasteiger partial charge on any atom is 0.573 e. The number of nitrogens with two attached hydrogens (primary N) is 1. The van der Waals surface area contributed by atoms with Gasteiger partial charge < -0.3 is 25.3 Å². The third kappa shape index (κ3) is 7.97. The Labute approximate surface area is 178 Å². The number of rotatable bonds is 8. The first-order valence-electron chi connectivity index (χ1n) is 9.56. The van der Waals surface area contributed by atoms with Crippen LogP contribution >= 0.6 is 0 Å². The first-order valence-corrected chi connectivity index (χ1v) is 9.56. The van der Waals surface area contributed by atoms with Gasteiger partial charge in [0.25, 0.3) is 0 Å². The van der Waals surface area contributed by atoms with Crippen LogP contribution in [0.5, 0.6) is 17.4 Å². The average Bonchev–Trinajstić information content (AvgIpc) is 2.65. The molecule has 0 aliphatic rings. The van der Waals surface area contributed by atoms with Crippen molar-refractivity contribution in [1.82, 2.24) is 10.3 Å². The molecule has 1 atom stereocenters. The van der Waals surface area contributed by atoms with Crippen LogP contribution in [0, 0.1) is 5.92 Å². The highest BCUT2D eigenvalue weighted by Crippen LogP contribution is 2.37. The van der Waals surface area contributed by atoms with Crippen LogP contribution in [0.2, 0.25) is 0 Å². The molecule has 1 amide bonds. The summed E-state index contributed by atoms with van der Waals surface area (Å²) < 4.78 is 53.6. The number of alkyl halides is 3. The largest absolute Gasteiger partial charge is 0.573 e. The van der Waals surface area contributed by atoms with Crippen molar-refractivity contribution in [3.8, 4) is 28.5 Å². The second-order valence-electron chi connectivity index (χ2n) is 7.77. The molecule has 31 heavy (non-hydrogen) atoms. The summed E-state index contributed by atoms with van der Waals surface area (Å²) in [6.45, 7) is 5.78. The fraction of sp³-hybridized carbons (Fsp3) is 0.429. The van der Waals surface area contributed by atoms with E-state index in [4.69, 9.17) is 15.2 Å². The lowest BCUT2D eigenvalue weighted by Gasteiger charge is -2.27. The lowest BCUT2D eigenvalue weighted by Crippen LogP contribution is -2.43. The van der Waals surface area contributed by atoms with Crippen LogP contribution in [0.1, 0.15) is 27.2 Å². The van der Waals surface area contributed by atoms with E-state index in [0.29, 0.717) is 23.5 Å². The summed E-state index contributed by atoms with van der Waals surface area (Å²) in [6.07, 6.45) is -3.63. The second kappa shape index (κ2) is 9.86. The van der Waals surface area contributed by atoms with Gasteiger partial charge in [-0.15, -0.1) is 13.2 Å². The highest BCUT2D eigenvalue weighted by molar-refractivity contribution is 5.71. The lowest BCUT2D eigenvalue weighted by atomic mass is 9.93. The topological polar surface area (TPSA) is 95.7 Å². The SMILES string of the molecule is CNC(=O)Oc1cc(-c2ccc(OC[C@@](C)(N)CC(C)C)c(OC(F)(F)F)c2)ccn1. The van der Waals surface area contributed by atoms with Crippen LogP contribution in [-0.4, -0.2) is 36.6 Å². The summed E-state index contributed by atoms with van der Waals surface area (Å²) >= 11 is 0. The molecule has 0 spiro atoms. The van der Waals surface area contributed by atoms with Gasteiger partial charge in [-0.25, -0.2) is 9.78 Å². The summed E-state index contributed by atoms with van der Waals surface area (Å²) in [5.41, 5.74) is 6.32. The van der Waals surface area contributed by atoms with E-state index in [1.54, 1.807) is 19.1 Å². The Hall–Kier alpha value is -3.01. The fourth-order valence-corrected chi connectivity index (χ4v) is 3.04. The standard InChI is InChI=1S/C21H26F3N3O4/c1-13(2)11-20(3,25)12-29-16-6-5-14(9-17(16)31-21(22,23)24)15-7-8-27-18(10-15)30-19(28)26-4/h5-10,13H,11-12,25H2,1-4H3,(H,26,28)/t20-/m0/s1. The van der Waals surface area contributed by atoms with Crippen LogP contribution in [-0.2, 0) is 0 Å². The maximum absolute atomic E-state index is 13.0. The van der Waals surface area contributed by atoms with Crippen LogP contribution in [0.4, 0.5) is 18.0 Å². The van der Waals surface area contributed by atoms with Crippen LogP contribution in [0.15, 0.2) is 36.5 Å². The first kappa shape index (κ1) is 24.3. The average molecular weight is 441 g/mol. The van der Waals surface area contributed by atoms with Crippen LogP contribution in [0.25, 0.3) is 11.1 Å². The molecule has 10 heteroatoms. The van der Waals surface area contributed by atoms with Gasteiger partial charge in [0, 0.05) is 24.8 Å². The smallest absolute Gasteiger partial charge is 0.488 e. The summed E-state index contributed by atoms with van der Waals surface area (Å²) in [6, 6.07) is 7.11. The van der Waals surface area contributed by atoms with Gasteiger partial charge >= 0.3 is 12.5 Å². The number of ether oxygens (including phenoxy) is 3. The van der Waals surface area contributed by atoms with Crippen molar-refractivity contribution in [1.29, 1.82) is 0 Å². The van der Waals surface area contributed by atoms with Gasteiger partial charge in [-0.2, -0.15) is 0 Å². The van der Waals surface area contributed by atoms with E-state index in [0.717, 1.165) is 0 Å². The molecule has 3 N–H and O–H groups in total. The maximum atomic E-state index is 13.0. The minimum absolute atomic E-state index is 0.0111. The number of hydrogen-bond acceptors (Lipinski definition) is 6. The molecule has 7 nitrogen and oxygen atoms in total. The van der Waals surface area contributed by atoms with Gasteiger partial charge in [0.15, 0.2) is 11.5 Å². The zero-order valence-corrected chi connectivity index (χ0v) is 17.7. The Morgan fingerprint density at radius 2 is 1.84 bits per heavy atom. The number of carbonyl (C=O) groups excluding carboxylic acids is 1. The summed E-state index contributed by atoms with van der Waals surface area (Å²) in [5.74, 6) is -0.304. The van der Waals surface area contributed by atoms with Crippen molar-refractivity contribution in [2.45, 2.75) is 39.1 Å². The number of nitrogens with zero attached hydrogens (tertiary/aromatic N) is 1. The van der Waals surface area contributed by atoms with E-state index in [-0.39, 0.29) is 18.2 Å². The third-order valence-electron chi connectivity index (χ3n) is 4.07. The first-order chi connectivity index (χ1) is 14.4. The molecule has 1 aromatic carbocycles. The zero-order valence-electron chi connectivity index (χ0n) is 17.7. The highest BCUT2D eigenvalue weighted by Gasteiger charge is 2.33. The van der Waals surface area contributed by atoms with E-state index in [1.807, 2.05) is 13.8 Å². The number of amides is 1. The number of nitrogens with one attached hydrogen (secondary N) is 1. The Morgan fingerprint density at radius 3 is 2.45 bits per heavy atom. The number of aromatic nitrogens is 1. The predicted octanol–water partition coefficient (Wildman–Crippen LogP) is 4.51. The van der Waals surface area contributed by atoms with Crippen molar-refractivity contribution >= 4 is 6.09 Å². The second-order valence-corrected chi connectivity index (χ2v) is 7.77. The van der Waals surface area contributed by atoms with Gasteiger partial charge in [-0.05, 0) is 48.6 Å². The molecule has 0 aliphatic heterocycles. The van der Waals surface area contributed by atoms with Crippen LogP contribution in [0.3, 0.4) is 0 Å². The molecule has 2 aromatic rings. The Kier molecular flexibility index (Phi) is 7.72. The molecule has 2 rings (SSSR count). The summed E-state index contributed by atoms with van der Waals surface area (Å²) in [7, 11) is 1.39. The number of carbonyl (C=O) groups is 1. The number of hydrogen-bond donors (Lipinski definition) is 2. The van der Waals surface area contributed by atoms with Gasteiger partial charge in [0.05, 0.1) is 0 Å². The Bertz CT molecular complexity index is 902. The molecule has 0 fully saturated rings. The molecule has 170 valence electrons. The molecular weight excluding hydrogens is 415 g/mol. The monoisotopic (exact) mass is 441 g/mol. The molecule has 0 aliphatic carbocycles. The number of pyridine rings is 1. The molecular formula is C21H26F3N3O4.